The maximum atomic E-state index is 12.2. The van der Waals surface area contributed by atoms with E-state index in [9.17, 15) is 9.59 Å². The van der Waals surface area contributed by atoms with E-state index >= 15 is 0 Å². The molecule has 0 saturated carbocycles. The Hall–Kier alpha value is -2.44. The van der Waals surface area contributed by atoms with Crippen LogP contribution in [0.4, 0.5) is 11.4 Å². The maximum absolute atomic E-state index is 12.2. The molecule has 2 aromatic rings. The lowest BCUT2D eigenvalue weighted by Gasteiger charge is -2.13. The molecule has 0 bridgehead atoms. The number of halogens is 1. The first-order chi connectivity index (χ1) is 12.4. The molecule has 0 atom stereocenters. The van der Waals surface area contributed by atoms with Gasteiger partial charge in [-0.15, -0.1) is 0 Å². The number of hydrogen-bond donors (Lipinski definition) is 3. The summed E-state index contributed by atoms with van der Waals surface area (Å²) in [6.45, 7) is 3.88. The van der Waals surface area contributed by atoms with E-state index in [2.05, 4.69) is 16.0 Å². The lowest BCUT2D eigenvalue weighted by molar-refractivity contribution is -0.116. The van der Waals surface area contributed by atoms with Crippen LogP contribution in [0.25, 0.3) is 0 Å². The lowest BCUT2D eigenvalue weighted by atomic mass is 10.1. The summed E-state index contributed by atoms with van der Waals surface area (Å²) in [7, 11) is 0. The molecule has 2 rings (SSSR count). The second-order valence-corrected chi connectivity index (χ2v) is 6.58. The minimum atomic E-state index is -0.314. The van der Waals surface area contributed by atoms with Crippen molar-refractivity contribution in [2.45, 2.75) is 26.7 Å². The second kappa shape index (κ2) is 9.31. The molecular weight excluding hydrogens is 370 g/mol. The molecule has 0 aliphatic heterocycles. The Balaban J connectivity index is 2.02. The van der Waals surface area contributed by atoms with Gasteiger partial charge in [0.25, 0.3) is 5.91 Å². The number of carbonyl (C=O) groups excluding carboxylic acids is 2. The van der Waals surface area contributed by atoms with Gasteiger partial charge in [-0.05, 0) is 55.9 Å². The molecule has 0 aliphatic carbocycles. The number of carbonyl (C=O) groups is 2. The molecule has 0 unspecified atom stereocenters. The average Bonchev–Trinajstić information content (AvgIpc) is 2.58. The van der Waals surface area contributed by atoms with Gasteiger partial charge in [-0.25, -0.2) is 0 Å². The van der Waals surface area contributed by atoms with Gasteiger partial charge < -0.3 is 10.6 Å². The lowest BCUT2D eigenvalue weighted by Crippen LogP contribution is -2.34. The molecular formula is C19H20ClN3O2S. The van der Waals surface area contributed by atoms with E-state index in [1.165, 1.54) is 0 Å². The van der Waals surface area contributed by atoms with Crippen LogP contribution in [0.3, 0.4) is 0 Å². The van der Waals surface area contributed by atoms with Crippen molar-refractivity contribution in [3.05, 3.63) is 58.6 Å². The first kappa shape index (κ1) is 19.9. The van der Waals surface area contributed by atoms with Gasteiger partial charge in [-0.3, -0.25) is 14.9 Å². The zero-order valence-electron chi connectivity index (χ0n) is 14.6. The average molecular weight is 390 g/mol. The maximum Gasteiger partial charge on any atom is 0.257 e. The third-order valence-electron chi connectivity index (χ3n) is 3.52. The topological polar surface area (TPSA) is 70.2 Å². The van der Waals surface area contributed by atoms with Crippen LogP contribution in [0.15, 0.2) is 42.5 Å². The van der Waals surface area contributed by atoms with Crippen molar-refractivity contribution >= 4 is 52.1 Å². The molecule has 0 heterocycles. The number of anilines is 2. The number of thiocarbonyl (C=S) groups is 1. The number of rotatable bonds is 5. The Kier molecular flexibility index (Phi) is 7.12. The summed E-state index contributed by atoms with van der Waals surface area (Å²) in [5.41, 5.74) is 2.67. The highest BCUT2D eigenvalue weighted by atomic mass is 35.5. The fourth-order valence-electron chi connectivity index (χ4n) is 2.18. The molecule has 136 valence electrons. The molecule has 0 saturated heterocycles. The van der Waals surface area contributed by atoms with Crippen LogP contribution in [0.5, 0.6) is 0 Å². The van der Waals surface area contributed by atoms with Gasteiger partial charge in [0.15, 0.2) is 5.11 Å². The minimum absolute atomic E-state index is 0.0731. The standard InChI is InChI=1S/C19H20ClN3O2S/c1-3-4-17(24)21-14-9-10-15(20)16(11-14)22-19(26)23-18(25)13-7-5-12(2)6-8-13/h5-11H,3-4H2,1-2H3,(H,21,24)(H2,22,23,25,26). The Morgan fingerprint density at radius 3 is 2.42 bits per heavy atom. The molecule has 0 spiro atoms. The normalized spacial score (nSPS) is 10.1. The highest BCUT2D eigenvalue weighted by Crippen LogP contribution is 2.25. The van der Waals surface area contributed by atoms with Crippen molar-refractivity contribution < 1.29 is 9.59 Å². The summed E-state index contributed by atoms with van der Waals surface area (Å²) in [6, 6.07) is 12.2. The SMILES string of the molecule is CCCC(=O)Nc1ccc(Cl)c(NC(=S)NC(=O)c2ccc(C)cc2)c1. The van der Waals surface area contributed by atoms with Crippen LogP contribution in [0.1, 0.15) is 35.7 Å². The Bertz CT molecular complexity index is 822. The predicted octanol–water partition coefficient (Wildman–Crippen LogP) is 4.51. The number of nitrogens with one attached hydrogen (secondary N) is 3. The highest BCUT2D eigenvalue weighted by Gasteiger charge is 2.10. The molecule has 2 aromatic carbocycles. The van der Waals surface area contributed by atoms with E-state index in [4.69, 9.17) is 23.8 Å². The highest BCUT2D eigenvalue weighted by molar-refractivity contribution is 7.80. The van der Waals surface area contributed by atoms with Crippen molar-refractivity contribution in [1.29, 1.82) is 0 Å². The van der Waals surface area contributed by atoms with Crippen LogP contribution in [-0.4, -0.2) is 16.9 Å². The van der Waals surface area contributed by atoms with Crippen molar-refractivity contribution in [3.63, 3.8) is 0 Å². The quantitative estimate of drug-likeness (QED) is 0.658. The van der Waals surface area contributed by atoms with Crippen LogP contribution >= 0.6 is 23.8 Å². The summed E-state index contributed by atoms with van der Waals surface area (Å²) in [5.74, 6) is -0.387. The number of amides is 2. The molecule has 7 heteroatoms. The molecule has 2 amide bonds. The van der Waals surface area contributed by atoms with E-state index < -0.39 is 0 Å². The van der Waals surface area contributed by atoms with Gasteiger partial charge in [-0.1, -0.05) is 36.2 Å². The third kappa shape index (κ3) is 5.82. The molecule has 0 fully saturated rings. The van der Waals surface area contributed by atoms with Crippen LogP contribution < -0.4 is 16.0 Å². The van der Waals surface area contributed by atoms with Gasteiger partial charge in [0.2, 0.25) is 5.91 Å². The Morgan fingerprint density at radius 2 is 1.77 bits per heavy atom. The Labute approximate surface area is 163 Å². The summed E-state index contributed by atoms with van der Waals surface area (Å²) >= 11 is 11.3. The first-order valence-corrected chi connectivity index (χ1v) is 8.96. The van der Waals surface area contributed by atoms with E-state index in [1.54, 1.807) is 30.3 Å². The van der Waals surface area contributed by atoms with E-state index in [1.807, 2.05) is 26.0 Å². The van der Waals surface area contributed by atoms with Gasteiger partial charge in [0, 0.05) is 17.7 Å². The van der Waals surface area contributed by atoms with Gasteiger partial charge in [0.1, 0.15) is 0 Å². The smallest absolute Gasteiger partial charge is 0.257 e. The van der Waals surface area contributed by atoms with E-state index in [-0.39, 0.29) is 16.9 Å². The van der Waals surface area contributed by atoms with Gasteiger partial charge in [0.05, 0.1) is 10.7 Å². The van der Waals surface area contributed by atoms with Gasteiger partial charge >= 0.3 is 0 Å². The number of hydrogen-bond acceptors (Lipinski definition) is 3. The fraction of sp³-hybridized carbons (Fsp3) is 0.211. The summed E-state index contributed by atoms with van der Waals surface area (Å²) in [6.07, 6.45) is 1.20. The van der Waals surface area contributed by atoms with Crippen molar-refractivity contribution in [2.75, 3.05) is 10.6 Å². The summed E-state index contributed by atoms with van der Waals surface area (Å²) < 4.78 is 0. The predicted molar refractivity (Wildman–Crippen MR) is 110 cm³/mol. The van der Waals surface area contributed by atoms with Crippen molar-refractivity contribution in [2.24, 2.45) is 0 Å². The molecule has 0 radical (unpaired) electrons. The molecule has 3 N–H and O–H groups in total. The van der Waals surface area contributed by atoms with E-state index in [0.29, 0.717) is 28.4 Å². The second-order valence-electron chi connectivity index (χ2n) is 5.77. The largest absolute Gasteiger partial charge is 0.331 e. The molecule has 0 aromatic heterocycles. The Morgan fingerprint density at radius 1 is 1.08 bits per heavy atom. The first-order valence-electron chi connectivity index (χ1n) is 8.17. The zero-order valence-corrected chi connectivity index (χ0v) is 16.1. The van der Waals surface area contributed by atoms with Crippen molar-refractivity contribution in [1.82, 2.24) is 5.32 Å². The fourth-order valence-corrected chi connectivity index (χ4v) is 2.55. The van der Waals surface area contributed by atoms with E-state index in [0.717, 1.165) is 12.0 Å². The summed E-state index contributed by atoms with van der Waals surface area (Å²) in [5, 5.41) is 8.82. The number of aryl methyl sites for hydroxylation is 1. The summed E-state index contributed by atoms with van der Waals surface area (Å²) in [4.78, 5) is 23.9. The number of benzene rings is 2. The van der Waals surface area contributed by atoms with Crippen LogP contribution in [0, 0.1) is 6.92 Å². The molecule has 5 nitrogen and oxygen atoms in total. The van der Waals surface area contributed by atoms with Crippen LogP contribution in [-0.2, 0) is 4.79 Å². The van der Waals surface area contributed by atoms with Crippen LogP contribution in [0.2, 0.25) is 5.02 Å². The molecule has 26 heavy (non-hydrogen) atoms. The minimum Gasteiger partial charge on any atom is -0.331 e. The monoisotopic (exact) mass is 389 g/mol. The zero-order chi connectivity index (χ0) is 19.1. The third-order valence-corrected chi connectivity index (χ3v) is 4.05. The van der Waals surface area contributed by atoms with Crippen molar-refractivity contribution in [3.8, 4) is 0 Å². The molecule has 0 aliphatic rings. The van der Waals surface area contributed by atoms with Gasteiger partial charge in [-0.2, -0.15) is 0 Å².